The molecule has 2 aliphatic rings. The lowest BCUT2D eigenvalue weighted by Gasteiger charge is -2.68. The quantitative estimate of drug-likeness (QED) is 0.787. The molecule has 4 nitrogen and oxygen atoms in total. The maximum absolute atomic E-state index is 2.77. The third-order valence-corrected chi connectivity index (χ3v) is 5.63. The monoisotopic (exact) mass is 324 g/mol. The molecule has 2 aliphatic heterocycles. The normalized spacial score (nSPS) is 25.6. The highest BCUT2D eigenvalue weighted by Gasteiger charge is 2.57. The number of nitrogens with zero attached hydrogens (tertiary/aromatic N) is 4. The van der Waals surface area contributed by atoms with Gasteiger partial charge in [-0.1, -0.05) is 0 Å². The van der Waals surface area contributed by atoms with Gasteiger partial charge in [-0.2, -0.15) is 0 Å². The average molecular weight is 325 g/mol. The summed E-state index contributed by atoms with van der Waals surface area (Å²) in [5.74, 6) is -0.0544. The van der Waals surface area contributed by atoms with Gasteiger partial charge in [0, 0.05) is 50.3 Å². The van der Waals surface area contributed by atoms with Crippen LogP contribution in [0.4, 0.5) is 0 Å². The molecule has 0 saturated carbocycles. The lowest BCUT2D eigenvalue weighted by atomic mass is 10.0. The SMILES string of the molecule is CC(C)N1CCCN(C(C)C)C12N(C(C)C)CCCN2C(C)C. The lowest BCUT2D eigenvalue weighted by molar-refractivity contribution is -0.319. The van der Waals surface area contributed by atoms with Gasteiger partial charge in [0.25, 0.3) is 0 Å². The molecule has 0 atom stereocenters. The summed E-state index contributed by atoms with van der Waals surface area (Å²) < 4.78 is 0. The molecule has 1 spiro atoms. The summed E-state index contributed by atoms with van der Waals surface area (Å²) in [6.45, 7) is 23.8. The van der Waals surface area contributed by atoms with Crippen LogP contribution in [0, 0.1) is 0 Å². The first-order chi connectivity index (χ1) is 10.7. The highest BCUT2D eigenvalue weighted by Crippen LogP contribution is 2.41. The van der Waals surface area contributed by atoms with E-state index in [1.165, 1.54) is 39.0 Å². The van der Waals surface area contributed by atoms with Crippen LogP contribution in [0.3, 0.4) is 0 Å². The third kappa shape index (κ3) is 3.20. The minimum absolute atomic E-state index is 0.0544. The fourth-order valence-electron chi connectivity index (χ4n) is 4.83. The van der Waals surface area contributed by atoms with Crippen molar-refractivity contribution in [2.45, 2.75) is 98.3 Å². The maximum atomic E-state index is 2.77. The van der Waals surface area contributed by atoms with Crippen LogP contribution in [-0.2, 0) is 0 Å². The zero-order valence-corrected chi connectivity index (χ0v) is 16.8. The second kappa shape index (κ2) is 7.38. The van der Waals surface area contributed by atoms with Crippen molar-refractivity contribution < 1.29 is 0 Å². The topological polar surface area (TPSA) is 13.0 Å². The Bertz CT molecular complexity index is 306. The molecule has 0 amide bonds. The van der Waals surface area contributed by atoms with E-state index in [1.54, 1.807) is 0 Å². The Kier molecular flexibility index (Phi) is 6.15. The van der Waals surface area contributed by atoms with Crippen LogP contribution in [0.2, 0.25) is 0 Å². The number of hydrogen-bond donors (Lipinski definition) is 0. The third-order valence-electron chi connectivity index (χ3n) is 5.63. The van der Waals surface area contributed by atoms with Gasteiger partial charge in [0.05, 0.1) is 0 Å². The molecule has 0 unspecified atom stereocenters. The van der Waals surface area contributed by atoms with Crippen molar-refractivity contribution in [2.75, 3.05) is 26.2 Å². The first kappa shape index (κ1) is 19.2. The Morgan fingerprint density at radius 3 is 0.870 bits per heavy atom. The van der Waals surface area contributed by atoms with Crippen molar-refractivity contribution in [1.82, 2.24) is 19.6 Å². The van der Waals surface area contributed by atoms with Gasteiger partial charge in [0.2, 0.25) is 0 Å². The van der Waals surface area contributed by atoms with Crippen molar-refractivity contribution >= 4 is 0 Å². The summed E-state index contributed by atoms with van der Waals surface area (Å²) in [5.41, 5.74) is 0. The smallest absolute Gasteiger partial charge is 0.192 e. The van der Waals surface area contributed by atoms with E-state index >= 15 is 0 Å². The van der Waals surface area contributed by atoms with Gasteiger partial charge in [0.1, 0.15) is 0 Å². The molecular formula is C19H40N4. The maximum Gasteiger partial charge on any atom is 0.192 e. The molecule has 2 saturated heterocycles. The zero-order valence-electron chi connectivity index (χ0n) is 16.8. The van der Waals surface area contributed by atoms with Gasteiger partial charge >= 0.3 is 0 Å². The molecule has 2 heterocycles. The minimum atomic E-state index is -0.0544. The van der Waals surface area contributed by atoms with Crippen molar-refractivity contribution in [2.24, 2.45) is 0 Å². The van der Waals surface area contributed by atoms with E-state index in [4.69, 9.17) is 0 Å². The van der Waals surface area contributed by atoms with E-state index in [0.29, 0.717) is 24.2 Å². The second-order valence-electron chi connectivity index (χ2n) is 8.46. The van der Waals surface area contributed by atoms with Crippen LogP contribution in [0.15, 0.2) is 0 Å². The molecule has 0 aliphatic carbocycles. The molecular weight excluding hydrogens is 284 g/mol. The van der Waals surface area contributed by atoms with E-state index in [2.05, 4.69) is 75.0 Å². The van der Waals surface area contributed by atoms with Crippen molar-refractivity contribution in [1.29, 1.82) is 0 Å². The molecule has 2 fully saturated rings. The first-order valence-electron chi connectivity index (χ1n) is 9.81. The molecule has 0 aromatic rings. The van der Waals surface area contributed by atoms with E-state index in [9.17, 15) is 0 Å². The van der Waals surface area contributed by atoms with Gasteiger partial charge in [-0.25, -0.2) is 0 Å². The van der Waals surface area contributed by atoms with Crippen LogP contribution in [0.5, 0.6) is 0 Å². The standard InChI is InChI=1S/C19H40N4/c1-15(2)20-11-9-12-21(16(3)4)19(20)22(17(5)6)13-10-14-23(19)18(7)8/h15-18H,9-14H2,1-8H3. The summed E-state index contributed by atoms with van der Waals surface area (Å²) in [6, 6.07) is 2.21. The van der Waals surface area contributed by atoms with Gasteiger partial charge in [-0.05, 0) is 68.2 Å². The summed E-state index contributed by atoms with van der Waals surface area (Å²) >= 11 is 0. The summed E-state index contributed by atoms with van der Waals surface area (Å²) in [6.07, 6.45) is 2.55. The Morgan fingerprint density at radius 2 is 0.696 bits per heavy atom. The Balaban J connectivity index is 2.62. The predicted octanol–water partition coefficient (Wildman–Crippen LogP) is 3.25. The zero-order chi connectivity index (χ0) is 17.4. The molecule has 0 radical (unpaired) electrons. The highest BCUT2D eigenvalue weighted by molar-refractivity contribution is 5.01. The molecule has 0 N–H and O–H groups in total. The predicted molar refractivity (Wildman–Crippen MR) is 99.3 cm³/mol. The van der Waals surface area contributed by atoms with E-state index in [-0.39, 0.29) is 5.91 Å². The van der Waals surface area contributed by atoms with Crippen molar-refractivity contribution in [3.8, 4) is 0 Å². The average Bonchev–Trinajstić information content (AvgIpc) is 2.46. The lowest BCUT2D eigenvalue weighted by Crippen LogP contribution is -2.84. The van der Waals surface area contributed by atoms with Crippen LogP contribution in [0.1, 0.15) is 68.2 Å². The second-order valence-corrected chi connectivity index (χ2v) is 8.46. The molecule has 2 rings (SSSR count). The first-order valence-corrected chi connectivity index (χ1v) is 9.81. The van der Waals surface area contributed by atoms with Crippen LogP contribution < -0.4 is 0 Å². The minimum Gasteiger partial charge on any atom is -0.257 e. The summed E-state index contributed by atoms with van der Waals surface area (Å²) in [5, 5.41) is 0. The van der Waals surface area contributed by atoms with E-state index in [1.807, 2.05) is 0 Å². The van der Waals surface area contributed by atoms with Crippen LogP contribution in [0.25, 0.3) is 0 Å². The van der Waals surface area contributed by atoms with Crippen LogP contribution >= 0.6 is 0 Å². The Morgan fingerprint density at radius 1 is 0.478 bits per heavy atom. The molecule has 23 heavy (non-hydrogen) atoms. The van der Waals surface area contributed by atoms with Gasteiger partial charge in [-0.3, -0.25) is 19.6 Å². The fourth-order valence-corrected chi connectivity index (χ4v) is 4.83. The summed E-state index contributed by atoms with van der Waals surface area (Å²) in [4.78, 5) is 11.1. The fraction of sp³-hybridized carbons (Fsp3) is 1.00. The molecule has 136 valence electrons. The molecule has 0 aromatic heterocycles. The molecule has 0 bridgehead atoms. The van der Waals surface area contributed by atoms with Gasteiger partial charge < -0.3 is 0 Å². The summed E-state index contributed by atoms with van der Waals surface area (Å²) in [7, 11) is 0. The number of rotatable bonds is 4. The van der Waals surface area contributed by atoms with Crippen molar-refractivity contribution in [3.05, 3.63) is 0 Å². The Labute approximate surface area is 144 Å². The number of hydrogen-bond acceptors (Lipinski definition) is 4. The van der Waals surface area contributed by atoms with E-state index < -0.39 is 0 Å². The largest absolute Gasteiger partial charge is 0.257 e. The molecule has 4 heteroatoms. The molecule has 0 aromatic carbocycles. The van der Waals surface area contributed by atoms with Crippen molar-refractivity contribution in [3.63, 3.8) is 0 Å². The van der Waals surface area contributed by atoms with Crippen LogP contribution in [-0.4, -0.2) is 75.9 Å². The van der Waals surface area contributed by atoms with Gasteiger partial charge in [-0.15, -0.1) is 0 Å². The Hall–Kier alpha value is -0.160. The highest BCUT2D eigenvalue weighted by atomic mass is 15.7. The van der Waals surface area contributed by atoms with Gasteiger partial charge in [0.15, 0.2) is 5.91 Å². The van der Waals surface area contributed by atoms with E-state index in [0.717, 1.165) is 0 Å².